The van der Waals surface area contributed by atoms with Crippen LogP contribution in [0.1, 0.15) is 42.2 Å². The molecule has 0 bridgehead atoms. The quantitative estimate of drug-likeness (QED) is 0.715. The van der Waals surface area contributed by atoms with E-state index in [1.807, 2.05) is 24.3 Å². The minimum atomic E-state index is 0.116. The Kier molecular flexibility index (Phi) is 2.92. The van der Waals surface area contributed by atoms with Crippen molar-refractivity contribution in [3.63, 3.8) is 0 Å². The zero-order chi connectivity index (χ0) is 13.2. The van der Waals surface area contributed by atoms with E-state index in [2.05, 4.69) is 23.9 Å². The summed E-state index contributed by atoms with van der Waals surface area (Å²) in [4.78, 5) is 11.8. The summed E-state index contributed by atoms with van der Waals surface area (Å²) in [6.07, 6.45) is 4.02. The maximum Gasteiger partial charge on any atom is 0.186 e. The lowest BCUT2D eigenvalue weighted by atomic mass is 10.1. The minimum Gasteiger partial charge on any atom is -0.292 e. The van der Waals surface area contributed by atoms with Gasteiger partial charge < -0.3 is 0 Å². The topological polar surface area (TPSA) is 34.4 Å². The summed E-state index contributed by atoms with van der Waals surface area (Å²) >= 11 is 0. The van der Waals surface area contributed by atoms with Gasteiger partial charge in [-0.3, -0.25) is 4.79 Å². The first-order valence-electron chi connectivity index (χ1n) is 6.50. The van der Waals surface area contributed by atoms with Crippen LogP contribution in [0.25, 0.3) is 10.9 Å². The second-order valence-corrected chi connectivity index (χ2v) is 4.59. The second-order valence-electron chi connectivity index (χ2n) is 4.59. The molecule has 19 heavy (non-hydrogen) atoms. The maximum atomic E-state index is 11.8. The number of carbonyl (C=O) groups is 1. The highest BCUT2D eigenvalue weighted by atomic mass is 16.1. The number of aromatic nitrogens is 1. The van der Waals surface area contributed by atoms with E-state index in [9.17, 15) is 4.79 Å². The van der Waals surface area contributed by atoms with E-state index in [0.717, 1.165) is 29.3 Å². The summed E-state index contributed by atoms with van der Waals surface area (Å²) in [6, 6.07) is 7.88. The molecule has 0 amide bonds. The van der Waals surface area contributed by atoms with Gasteiger partial charge in [-0.25, -0.2) is 4.68 Å². The second kappa shape index (κ2) is 4.74. The molecular weight excluding hydrogens is 236 g/mol. The van der Waals surface area contributed by atoms with Gasteiger partial charge in [0.1, 0.15) is 5.69 Å². The standard InChI is InChI=1S/C16H14N2O/c1-2-3-4-5-12-6-7-14-13(10-12)11-15-16(19)8-9-17-18(14)15/h6-7,9-11H,2-3,8H2,1H3. The minimum absolute atomic E-state index is 0.116. The Morgan fingerprint density at radius 3 is 3.11 bits per heavy atom. The molecule has 3 rings (SSSR count). The van der Waals surface area contributed by atoms with Crippen molar-refractivity contribution in [2.75, 3.05) is 0 Å². The van der Waals surface area contributed by atoms with Crippen molar-refractivity contribution >= 4 is 22.9 Å². The van der Waals surface area contributed by atoms with Gasteiger partial charge in [0.15, 0.2) is 5.78 Å². The zero-order valence-corrected chi connectivity index (χ0v) is 10.8. The van der Waals surface area contributed by atoms with Crippen molar-refractivity contribution in [3.8, 4) is 11.8 Å². The first-order chi connectivity index (χ1) is 9.29. The molecule has 0 atom stereocenters. The number of benzene rings is 1. The predicted molar refractivity (Wildman–Crippen MR) is 76.6 cm³/mol. The van der Waals surface area contributed by atoms with Gasteiger partial charge in [-0.05, 0) is 30.7 Å². The van der Waals surface area contributed by atoms with E-state index in [-0.39, 0.29) is 5.78 Å². The van der Waals surface area contributed by atoms with Crippen molar-refractivity contribution in [1.82, 2.24) is 4.68 Å². The van der Waals surface area contributed by atoms with Gasteiger partial charge in [-0.15, -0.1) is 0 Å². The lowest BCUT2D eigenvalue weighted by molar-refractivity contribution is 0.0990. The lowest BCUT2D eigenvalue weighted by Gasteiger charge is -2.06. The van der Waals surface area contributed by atoms with Crippen LogP contribution in [0, 0.1) is 11.8 Å². The number of hydrogen-bond acceptors (Lipinski definition) is 2. The Bertz CT molecular complexity index is 741. The number of ketones is 1. The van der Waals surface area contributed by atoms with E-state index in [1.54, 1.807) is 10.9 Å². The molecule has 0 radical (unpaired) electrons. The molecule has 1 aromatic carbocycles. The number of fused-ring (bicyclic) bond motifs is 3. The van der Waals surface area contributed by atoms with Crippen LogP contribution in [0.2, 0.25) is 0 Å². The third-order valence-corrected chi connectivity index (χ3v) is 3.14. The summed E-state index contributed by atoms with van der Waals surface area (Å²) in [5.74, 6) is 6.40. The van der Waals surface area contributed by atoms with Crippen LogP contribution in [0.15, 0.2) is 29.4 Å². The van der Waals surface area contributed by atoms with Crippen LogP contribution in [-0.2, 0) is 0 Å². The summed E-state index contributed by atoms with van der Waals surface area (Å²) in [5, 5.41) is 5.29. The molecule has 1 aromatic heterocycles. The van der Waals surface area contributed by atoms with Crippen LogP contribution >= 0.6 is 0 Å². The van der Waals surface area contributed by atoms with Crippen LogP contribution in [-0.4, -0.2) is 16.7 Å². The third-order valence-electron chi connectivity index (χ3n) is 3.14. The third kappa shape index (κ3) is 2.06. The fourth-order valence-electron chi connectivity index (χ4n) is 2.20. The number of carbonyl (C=O) groups excluding carboxylic acids is 1. The predicted octanol–water partition coefficient (Wildman–Crippen LogP) is 3.21. The summed E-state index contributed by atoms with van der Waals surface area (Å²) < 4.78 is 1.71. The number of Topliss-reactive ketones (excluding diaryl/α,β-unsaturated/α-hetero) is 1. The number of hydrogen-bond donors (Lipinski definition) is 0. The molecule has 2 heterocycles. The van der Waals surface area contributed by atoms with E-state index in [0.29, 0.717) is 12.1 Å². The van der Waals surface area contributed by atoms with Crippen LogP contribution in [0.3, 0.4) is 0 Å². The largest absolute Gasteiger partial charge is 0.292 e. The molecule has 0 fully saturated rings. The SMILES string of the molecule is CCCC#Cc1ccc2c(c1)cc1n2N=CCC1=O. The Hall–Kier alpha value is -2.34. The fraction of sp³-hybridized carbons (Fsp3) is 0.250. The molecule has 1 aliphatic rings. The number of nitrogens with zero attached hydrogens (tertiary/aromatic N) is 2. The smallest absolute Gasteiger partial charge is 0.186 e. The molecule has 0 N–H and O–H groups in total. The van der Waals surface area contributed by atoms with Gasteiger partial charge in [-0.2, -0.15) is 5.10 Å². The first kappa shape index (κ1) is 11.7. The van der Waals surface area contributed by atoms with Crippen molar-refractivity contribution < 1.29 is 4.79 Å². The Balaban J connectivity index is 2.09. The van der Waals surface area contributed by atoms with Crippen molar-refractivity contribution in [2.24, 2.45) is 5.10 Å². The molecule has 0 spiro atoms. The van der Waals surface area contributed by atoms with E-state index < -0.39 is 0 Å². The molecular formula is C16H14N2O. The number of unbranched alkanes of at least 4 members (excludes halogenated alkanes) is 1. The van der Waals surface area contributed by atoms with E-state index in [1.165, 1.54) is 0 Å². The van der Waals surface area contributed by atoms with Crippen LogP contribution < -0.4 is 0 Å². The molecule has 3 nitrogen and oxygen atoms in total. The summed E-state index contributed by atoms with van der Waals surface area (Å²) in [6.45, 7) is 2.11. The maximum absolute atomic E-state index is 11.8. The highest BCUT2D eigenvalue weighted by Gasteiger charge is 2.17. The Morgan fingerprint density at radius 1 is 1.37 bits per heavy atom. The molecule has 0 unspecified atom stereocenters. The molecule has 0 saturated heterocycles. The van der Waals surface area contributed by atoms with Crippen molar-refractivity contribution in [1.29, 1.82) is 0 Å². The van der Waals surface area contributed by atoms with Crippen molar-refractivity contribution in [2.45, 2.75) is 26.2 Å². The first-order valence-corrected chi connectivity index (χ1v) is 6.50. The molecule has 3 heteroatoms. The van der Waals surface area contributed by atoms with Gasteiger partial charge in [-0.1, -0.05) is 18.8 Å². The lowest BCUT2D eigenvalue weighted by Crippen LogP contribution is -2.11. The molecule has 0 saturated carbocycles. The molecule has 1 aliphatic heterocycles. The van der Waals surface area contributed by atoms with E-state index >= 15 is 0 Å². The average molecular weight is 250 g/mol. The van der Waals surface area contributed by atoms with Gasteiger partial charge in [0, 0.05) is 30.0 Å². The Labute approximate surface area is 111 Å². The molecule has 94 valence electrons. The van der Waals surface area contributed by atoms with E-state index in [4.69, 9.17) is 0 Å². The van der Waals surface area contributed by atoms with Gasteiger partial charge in [0.05, 0.1) is 5.52 Å². The Morgan fingerprint density at radius 2 is 2.26 bits per heavy atom. The molecule has 0 aliphatic carbocycles. The van der Waals surface area contributed by atoms with Crippen LogP contribution in [0.5, 0.6) is 0 Å². The monoisotopic (exact) mass is 250 g/mol. The summed E-state index contributed by atoms with van der Waals surface area (Å²) in [7, 11) is 0. The zero-order valence-electron chi connectivity index (χ0n) is 10.8. The molecule has 2 aromatic rings. The van der Waals surface area contributed by atoms with Crippen molar-refractivity contribution in [3.05, 3.63) is 35.5 Å². The highest BCUT2D eigenvalue weighted by Crippen LogP contribution is 2.23. The normalized spacial score (nSPS) is 13.2. The summed E-state index contributed by atoms with van der Waals surface area (Å²) in [5.41, 5.74) is 2.61. The number of rotatable bonds is 1. The average Bonchev–Trinajstić information content (AvgIpc) is 2.79. The fourth-order valence-corrected chi connectivity index (χ4v) is 2.20. The highest BCUT2D eigenvalue weighted by molar-refractivity contribution is 6.07. The van der Waals surface area contributed by atoms with Crippen LogP contribution in [0.4, 0.5) is 0 Å². The van der Waals surface area contributed by atoms with Gasteiger partial charge in [0.2, 0.25) is 0 Å². The van der Waals surface area contributed by atoms with Gasteiger partial charge >= 0.3 is 0 Å². The van der Waals surface area contributed by atoms with Gasteiger partial charge in [0.25, 0.3) is 0 Å².